The lowest BCUT2D eigenvalue weighted by Crippen LogP contribution is -2.28. The van der Waals surface area contributed by atoms with Crippen LogP contribution in [0.15, 0.2) is 41.8 Å². The van der Waals surface area contributed by atoms with Crippen molar-refractivity contribution in [2.45, 2.75) is 0 Å². The molecular formula is C12H9BO2S. The number of benzene rings is 2. The summed E-state index contributed by atoms with van der Waals surface area (Å²) < 4.78 is 1.09. The Labute approximate surface area is 96.9 Å². The second kappa shape index (κ2) is 3.59. The Morgan fingerprint density at radius 1 is 1.00 bits per heavy atom. The molecule has 3 rings (SSSR count). The average molecular weight is 228 g/mol. The predicted molar refractivity (Wildman–Crippen MR) is 69.2 cm³/mol. The van der Waals surface area contributed by atoms with Crippen LogP contribution in [0.3, 0.4) is 0 Å². The van der Waals surface area contributed by atoms with E-state index in [2.05, 4.69) is 12.1 Å². The lowest BCUT2D eigenvalue weighted by atomic mass is 9.80. The molecule has 0 fully saturated rings. The summed E-state index contributed by atoms with van der Waals surface area (Å²) in [5, 5.41) is 23.5. The molecule has 78 valence electrons. The third-order valence-electron chi connectivity index (χ3n) is 2.75. The first-order valence-electron chi connectivity index (χ1n) is 5.02. The van der Waals surface area contributed by atoms with E-state index in [0.29, 0.717) is 5.46 Å². The van der Waals surface area contributed by atoms with Crippen molar-refractivity contribution in [1.82, 2.24) is 0 Å². The summed E-state index contributed by atoms with van der Waals surface area (Å²) in [4.78, 5) is 0. The molecule has 0 aliphatic rings. The molecule has 1 heterocycles. The molecule has 1 aromatic heterocycles. The van der Waals surface area contributed by atoms with Crippen LogP contribution in [0.25, 0.3) is 20.9 Å². The van der Waals surface area contributed by atoms with Gasteiger partial charge in [-0.25, -0.2) is 0 Å². The summed E-state index contributed by atoms with van der Waals surface area (Å²) in [5.74, 6) is 0. The second-order valence-corrected chi connectivity index (χ2v) is 4.67. The Kier molecular flexibility index (Phi) is 2.21. The van der Waals surface area contributed by atoms with Gasteiger partial charge >= 0.3 is 7.12 Å². The summed E-state index contributed by atoms with van der Waals surface area (Å²) in [5.41, 5.74) is 0.589. The van der Waals surface area contributed by atoms with Crippen LogP contribution in [-0.4, -0.2) is 17.2 Å². The van der Waals surface area contributed by atoms with Crippen molar-refractivity contribution in [3.63, 3.8) is 0 Å². The van der Waals surface area contributed by atoms with E-state index in [4.69, 9.17) is 0 Å². The zero-order chi connectivity index (χ0) is 11.1. The maximum atomic E-state index is 9.24. The molecule has 0 radical (unpaired) electrons. The number of rotatable bonds is 1. The van der Waals surface area contributed by atoms with Gasteiger partial charge in [0.2, 0.25) is 0 Å². The highest BCUT2D eigenvalue weighted by Crippen LogP contribution is 2.25. The van der Waals surface area contributed by atoms with E-state index in [1.807, 2.05) is 24.3 Å². The Hall–Kier alpha value is -1.36. The van der Waals surface area contributed by atoms with Crippen LogP contribution in [0.2, 0.25) is 0 Å². The predicted octanol–water partition coefficient (Wildman–Crippen LogP) is 1.73. The van der Waals surface area contributed by atoms with Crippen molar-refractivity contribution < 1.29 is 10.0 Å². The average Bonchev–Trinajstić information content (AvgIpc) is 2.68. The van der Waals surface area contributed by atoms with E-state index < -0.39 is 7.12 Å². The van der Waals surface area contributed by atoms with Gasteiger partial charge in [-0.2, -0.15) is 0 Å². The van der Waals surface area contributed by atoms with Crippen LogP contribution in [0.5, 0.6) is 0 Å². The largest absolute Gasteiger partial charge is 0.489 e. The van der Waals surface area contributed by atoms with E-state index in [1.54, 1.807) is 5.38 Å². The van der Waals surface area contributed by atoms with E-state index >= 15 is 0 Å². The van der Waals surface area contributed by atoms with E-state index in [9.17, 15) is 10.0 Å². The molecule has 0 amide bonds. The maximum Gasteiger partial charge on any atom is 0.489 e. The van der Waals surface area contributed by atoms with E-state index in [0.717, 1.165) is 15.5 Å². The van der Waals surface area contributed by atoms with Gasteiger partial charge in [0.25, 0.3) is 0 Å². The normalized spacial score (nSPS) is 11.1. The molecule has 16 heavy (non-hydrogen) atoms. The second-order valence-electron chi connectivity index (χ2n) is 3.76. The molecular weight excluding hydrogens is 219 g/mol. The van der Waals surface area contributed by atoms with E-state index in [-0.39, 0.29) is 0 Å². The number of thiophene rings is 1. The van der Waals surface area contributed by atoms with Crippen LogP contribution >= 0.6 is 11.3 Å². The summed E-state index contributed by atoms with van der Waals surface area (Å²) in [7, 11) is -1.39. The van der Waals surface area contributed by atoms with E-state index in [1.165, 1.54) is 16.7 Å². The highest BCUT2D eigenvalue weighted by molar-refractivity contribution is 7.18. The van der Waals surface area contributed by atoms with Crippen molar-refractivity contribution in [2.24, 2.45) is 0 Å². The number of hydrogen-bond acceptors (Lipinski definition) is 3. The van der Waals surface area contributed by atoms with Crippen molar-refractivity contribution in [2.75, 3.05) is 0 Å². The third-order valence-corrected chi connectivity index (χ3v) is 3.71. The summed E-state index contributed by atoms with van der Waals surface area (Å²) >= 11 is 1.54. The molecule has 2 N–H and O–H groups in total. The fourth-order valence-electron chi connectivity index (χ4n) is 1.93. The van der Waals surface area contributed by atoms with Crippen molar-refractivity contribution in [3.8, 4) is 0 Å². The van der Waals surface area contributed by atoms with Crippen molar-refractivity contribution >= 4 is 44.8 Å². The Morgan fingerprint density at radius 3 is 2.38 bits per heavy atom. The minimum Gasteiger partial charge on any atom is -0.423 e. The zero-order valence-corrected chi connectivity index (χ0v) is 9.24. The molecule has 0 saturated heterocycles. The van der Waals surface area contributed by atoms with Gasteiger partial charge in [-0.15, -0.1) is 11.3 Å². The minimum atomic E-state index is -1.39. The first-order valence-corrected chi connectivity index (χ1v) is 5.90. The quantitative estimate of drug-likeness (QED) is 0.622. The van der Waals surface area contributed by atoms with Gasteiger partial charge in [-0.05, 0) is 33.7 Å². The SMILES string of the molecule is OB(O)c1csc2cc3ccccc3cc12. The standard InChI is InChI=1S/C12H9BO2S/c14-13(15)11-7-16-12-6-9-4-2-1-3-8(9)5-10(11)12/h1-7,14-15H. The molecule has 0 spiro atoms. The minimum absolute atomic E-state index is 0.589. The van der Waals surface area contributed by atoms with Gasteiger partial charge in [0.15, 0.2) is 0 Å². The van der Waals surface area contributed by atoms with Crippen LogP contribution in [-0.2, 0) is 0 Å². The smallest absolute Gasteiger partial charge is 0.423 e. The van der Waals surface area contributed by atoms with Gasteiger partial charge in [0.05, 0.1) is 0 Å². The molecule has 0 atom stereocenters. The fraction of sp³-hybridized carbons (Fsp3) is 0. The Bertz CT molecular complexity index is 660. The van der Waals surface area contributed by atoms with Crippen LogP contribution in [0.4, 0.5) is 0 Å². The number of hydrogen-bond donors (Lipinski definition) is 2. The summed E-state index contributed by atoms with van der Waals surface area (Å²) in [6.07, 6.45) is 0. The van der Waals surface area contributed by atoms with Crippen molar-refractivity contribution in [3.05, 3.63) is 41.8 Å². The number of fused-ring (bicyclic) bond motifs is 2. The van der Waals surface area contributed by atoms with Crippen molar-refractivity contribution in [1.29, 1.82) is 0 Å². The Morgan fingerprint density at radius 2 is 1.69 bits per heavy atom. The maximum absolute atomic E-state index is 9.24. The van der Waals surface area contributed by atoms with Gasteiger partial charge in [0.1, 0.15) is 0 Å². The molecule has 2 nitrogen and oxygen atoms in total. The summed E-state index contributed by atoms with van der Waals surface area (Å²) in [6.45, 7) is 0. The molecule has 0 unspecified atom stereocenters. The molecule has 0 aliphatic carbocycles. The topological polar surface area (TPSA) is 40.5 Å². The van der Waals surface area contributed by atoms with Gasteiger partial charge in [-0.1, -0.05) is 24.3 Å². The van der Waals surface area contributed by atoms with Crippen LogP contribution < -0.4 is 5.46 Å². The monoisotopic (exact) mass is 228 g/mol. The van der Waals surface area contributed by atoms with Gasteiger partial charge in [-0.3, -0.25) is 0 Å². The molecule has 3 aromatic rings. The lowest BCUT2D eigenvalue weighted by molar-refractivity contribution is 0.426. The first kappa shape index (κ1) is 9.84. The van der Waals surface area contributed by atoms with Crippen LogP contribution in [0, 0.1) is 0 Å². The Balaban J connectivity index is 2.40. The lowest BCUT2D eigenvalue weighted by Gasteiger charge is -2.00. The highest BCUT2D eigenvalue weighted by Gasteiger charge is 2.16. The fourth-order valence-corrected chi connectivity index (χ4v) is 2.93. The molecule has 0 saturated carbocycles. The summed E-state index contributed by atoms with van der Waals surface area (Å²) in [6, 6.07) is 12.2. The zero-order valence-electron chi connectivity index (χ0n) is 8.42. The third kappa shape index (κ3) is 1.43. The molecule has 0 bridgehead atoms. The first-order chi connectivity index (χ1) is 7.75. The van der Waals surface area contributed by atoms with Crippen LogP contribution in [0.1, 0.15) is 0 Å². The van der Waals surface area contributed by atoms with Gasteiger partial charge in [0, 0.05) is 10.2 Å². The molecule has 0 aliphatic heterocycles. The molecule has 2 aromatic carbocycles. The highest BCUT2D eigenvalue weighted by atomic mass is 32.1. The molecule has 4 heteroatoms. The van der Waals surface area contributed by atoms with Gasteiger partial charge < -0.3 is 10.0 Å².